The standard InChI is InChI=1S/C11H11FO2/c12-10-5-4-6-11(9-10)14-8-3-1-2-7-13/h1-2,4-7,9H,3,8H2/b2-1+. The molecule has 0 atom stereocenters. The first-order valence-electron chi connectivity index (χ1n) is 4.31. The summed E-state index contributed by atoms with van der Waals surface area (Å²) < 4.78 is 17.9. The van der Waals surface area contributed by atoms with Crippen molar-refractivity contribution >= 4 is 6.29 Å². The van der Waals surface area contributed by atoms with E-state index in [1.165, 1.54) is 18.2 Å². The molecule has 1 rings (SSSR count). The van der Waals surface area contributed by atoms with Crippen molar-refractivity contribution in [3.05, 3.63) is 42.2 Å². The highest BCUT2D eigenvalue weighted by Gasteiger charge is 1.93. The number of rotatable bonds is 5. The molecule has 0 fully saturated rings. The summed E-state index contributed by atoms with van der Waals surface area (Å²) in [6, 6.07) is 5.96. The lowest BCUT2D eigenvalue weighted by Gasteiger charge is -2.03. The molecule has 0 aliphatic rings. The molecule has 1 aromatic rings. The molecule has 0 aliphatic heterocycles. The lowest BCUT2D eigenvalue weighted by atomic mass is 10.3. The second-order valence-electron chi connectivity index (χ2n) is 2.66. The first-order valence-corrected chi connectivity index (χ1v) is 4.31. The summed E-state index contributed by atoms with van der Waals surface area (Å²) in [5.74, 6) is 0.190. The highest BCUT2D eigenvalue weighted by atomic mass is 19.1. The minimum atomic E-state index is -0.314. The fourth-order valence-corrected chi connectivity index (χ4v) is 0.953. The zero-order chi connectivity index (χ0) is 10.2. The van der Waals surface area contributed by atoms with Crippen LogP contribution < -0.4 is 4.74 Å². The van der Waals surface area contributed by atoms with Crippen LogP contribution in [0.15, 0.2) is 36.4 Å². The van der Waals surface area contributed by atoms with Gasteiger partial charge in [-0.15, -0.1) is 0 Å². The van der Waals surface area contributed by atoms with Gasteiger partial charge in [-0.25, -0.2) is 4.39 Å². The summed E-state index contributed by atoms with van der Waals surface area (Å²) in [5, 5.41) is 0. The first-order chi connectivity index (χ1) is 6.83. The second kappa shape index (κ2) is 5.91. The Balaban J connectivity index is 2.31. The Labute approximate surface area is 82.0 Å². The Bertz CT molecular complexity index is 321. The lowest BCUT2D eigenvalue weighted by molar-refractivity contribution is -0.104. The summed E-state index contributed by atoms with van der Waals surface area (Å²) in [6.45, 7) is 0.438. The molecule has 0 heterocycles. The molecular formula is C11H11FO2. The summed E-state index contributed by atoms with van der Waals surface area (Å²) >= 11 is 0. The van der Waals surface area contributed by atoms with Gasteiger partial charge in [-0.05, 0) is 24.6 Å². The van der Waals surface area contributed by atoms with Gasteiger partial charge in [0.2, 0.25) is 0 Å². The lowest BCUT2D eigenvalue weighted by Crippen LogP contribution is -1.95. The topological polar surface area (TPSA) is 26.3 Å². The fourth-order valence-electron chi connectivity index (χ4n) is 0.953. The summed E-state index contributed by atoms with van der Waals surface area (Å²) in [7, 11) is 0. The van der Waals surface area contributed by atoms with Gasteiger partial charge < -0.3 is 4.74 Å². The van der Waals surface area contributed by atoms with Gasteiger partial charge in [0, 0.05) is 6.07 Å². The van der Waals surface area contributed by atoms with E-state index in [0.717, 1.165) is 0 Å². The number of ether oxygens (including phenoxy) is 1. The summed E-state index contributed by atoms with van der Waals surface area (Å²) in [5.41, 5.74) is 0. The number of halogens is 1. The molecule has 2 nitrogen and oxygen atoms in total. The maximum Gasteiger partial charge on any atom is 0.142 e. The molecule has 0 aromatic heterocycles. The average molecular weight is 194 g/mol. The van der Waals surface area contributed by atoms with Crippen LogP contribution in [0.3, 0.4) is 0 Å². The fraction of sp³-hybridized carbons (Fsp3) is 0.182. The Kier molecular flexibility index (Phi) is 4.41. The predicted octanol–water partition coefficient (Wildman–Crippen LogP) is 2.35. The molecular weight excluding hydrogens is 183 g/mol. The van der Waals surface area contributed by atoms with E-state index in [-0.39, 0.29) is 5.82 Å². The van der Waals surface area contributed by atoms with E-state index in [9.17, 15) is 9.18 Å². The van der Waals surface area contributed by atoms with Crippen molar-refractivity contribution in [1.29, 1.82) is 0 Å². The van der Waals surface area contributed by atoms with Gasteiger partial charge in [0.05, 0.1) is 6.61 Å². The Morgan fingerprint density at radius 2 is 2.29 bits per heavy atom. The van der Waals surface area contributed by atoms with Gasteiger partial charge in [-0.2, -0.15) is 0 Å². The number of carbonyl (C=O) groups is 1. The van der Waals surface area contributed by atoms with Crippen LogP contribution in [0.2, 0.25) is 0 Å². The van der Waals surface area contributed by atoms with Crippen LogP contribution in [0, 0.1) is 5.82 Å². The van der Waals surface area contributed by atoms with E-state index in [1.54, 1.807) is 18.2 Å². The third-order valence-corrected chi connectivity index (χ3v) is 1.56. The van der Waals surface area contributed by atoms with E-state index < -0.39 is 0 Å². The minimum Gasteiger partial charge on any atom is -0.493 e. The van der Waals surface area contributed by atoms with Crippen LogP contribution in [0.5, 0.6) is 5.75 Å². The SMILES string of the molecule is O=C/C=C/CCOc1cccc(F)c1. The summed E-state index contributed by atoms with van der Waals surface area (Å²) in [6.07, 6.45) is 4.46. The van der Waals surface area contributed by atoms with Crippen molar-refractivity contribution in [2.24, 2.45) is 0 Å². The zero-order valence-electron chi connectivity index (χ0n) is 7.65. The molecule has 0 unspecified atom stereocenters. The average Bonchev–Trinajstić information content (AvgIpc) is 2.18. The third-order valence-electron chi connectivity index (χ3n) is 1.56. The van der Waals surface area contributed by atoms with E-state index in [1.807, 2.05) is 0 Å². The monoisotopic (exact) mass is 194 g/mol. The minimum absolute atomic E-state index is 0.314. The number of benzene rings is 1. The van der Waals surface area contributed by atoms with Gasteiger partial charge in [-0.1, -0.05) is 12.1 Å². The van der Waals surface area contributed by atoms with E-state index in [2.05, 4.69) is 0 Å². The molecule has 0 N–H and O–H groups in total. The van der Waals surface area contributed by atoms with Crippen LogP contribution in [-0.4, -0.2) is 12.9 Å². The second-order valence-corrected chi connectivity index (χ2v) is 2.66. The zero-order valence-corrected chi connectivity index (χ0v) is 7.65. The predicted molar refractivity (Wildman–Crippen MR) is 51.7 cm³/mol. The molecule has 0 saturated carbocycles. The van der Waals surface area contributed by atoms with Crippen molar-refractivity contribution in [3.8, 4) is 5.75 Å². The number of carbonyl (C=O) groups excluding carboxylic acids is 1. The smallest absolute Gasteiger partial charge is 0.142 e. The van der Waals surface area contributed by atoms with Gasteiger partial charge in [0.1, 0.15) is 17.9 Å². The van der Waals surface area contributed by atoms with Crippen LogP contribution in [-0.2, 0) is 4.79 Å². The van der Waals surface area contributed by atoms with Crippen LogP contribution >= 0.6 is 0 Å². The van der Waals surface area contributed by atoms with E-state index >= 15 is 0 Å². The van der Waals surface area contributed by atoms with Gasteiger partial charge in [0.15, 0.2) is 0 Å². The maximum atomic E-state index is 12.7. The highest BCUT2D eigenvalue weighted by molar-refractivity contribution is 5.64. The molecule has 0 spiro atoms. The van der Waals surface area contributed by atoms with Crippen molar-refractivity contribution in [3.63, 3.8) is 0 Å². The number of aldehydes is 1. The van der Waals surface area contributed by atoms with Gasteiger partial charge >= 0.3 is 0 Å². The van der Waals surface area contributed by atoms with Gasteiger partial charge in [0.25, 0.3) is 0 Å². The highest BCUT2D eigenvalue weighted by Crippen LogP contribution is 2.11. The van der Waals surface area contributed by atoms with Crippen molar-refractivity contribution in [1.82, 2.24) is 0 Å². The third kappa shape index (κ3) is 3.85. The first kappa shape index (κ1) is 10.4. The molecule has 14 heavy (non-hydrogen) atoms. The molecule has 0 saturated heterocycles. The van der Waals surface area contributed by atoms with Crippen LogP contribution in [0.25, 0.3) is 0 Å². The Morgan fingerprint density at radius 1 is 1.43 bits per heavy atom. The number of hydrogen-bond donors (Lipinski definition) is 0. The Morgan fingerprint density at radius 3 is 3.00 bits per heavy atom. The van der Waals surface area contributed by atoms with Crippen molar-refractivity contribution in [2.45, 2.75) is 6.42 Å². The van der Waals surface area contributed by atoms with Crippen molar-refractivity contribution < 1.29 is 13.9 Å². The van der Waals surface area contributed by atoms with Crippen LogP contribution in [0.1, 0.15) is 6.42 Å². The normalized spacial score (nSPS) is 10.4. The van der Waals surface area contributed by atoms with E-state index in [0.29, 0.717) is 25.1 Å². The van der Waals surface area contributed by atoms with Crippen LogP contribution in [0.4, 0.5) is 4.39 Å². The quantitative estimate of drug-likeness (QED) is 0.408. The molecule has 3 heteroatoms. The molecule has 1 aromatic carbocycles. The van der Waals surface area contributed by atoms with Crippen molar-refractivity contribution in [2.75, 3.05) is 6.61 Å². The van der Waals surface area contributed by atoms with Gasteiger partial charge in [-0.3, -0.25) is 4.79 Å². The molecule has 0 bridgehead atoms. The largest absolute Gasteiger partial charge is 0.493 e. The Hall–Kier alpha value is -1.64. The summed E-state index contributed by atoms with van der Waals surface area (Å²) in [4.78, 5) is 9.91. The molecule has 74 valence electrons. The molecule has 0 amide bonds. The molecule has 0 radical (unpaired) electrons. The molecule has 0 aliphatic carbocycles. The number of allylic oxidation sites excluding steroid dienone is 1. The maximum absolute atomic E-state index is 12.7. The number of hydrogen-bond acceptors (Lipinski definition) is 2. The van der Waals surface area contributed by atoms with E-state index in [4.69, 9.17) is 4.74 Å².